The van der Waals surface area contributed by atoms with E-state index in [4.69, 9.17) is 5.11 Å². The topological polar surface area (TPSA) is 49.3 Å². The number of unbranched alkanes of at least 4 members (excludes halogenated alkanes) is 1. The van der Waals surface area contributed by atoms with Crippen molar-refractivity contribution in [1.29, 1.82) is 0 Å². The Balaban J connectivity index is 2.58. The monoisotopic (exact) mass is 281 g/mol. The number of carbonyl (C=O) groups is 1. The van der Waals surface area contributed by atoms with Gasteiger partial charge in [-0.15, -0.1) is 0 Å². The standard InChI is InChI=1S/C16H24FNO2/c1-3-5-7-13(6-4-2)18-11-12-8-9-14(16(19)20)15(17)10-12/h8-10,13,18H,3-7,11H2,1-2H3,(H,19,20). The van der Waals surface area contributed by atoms with Gasteiger partial charge in [0, 0.05) is 12.6 Å². The molecule has 112 valence electrons. The van der Waals surface area contributed by atoms with Gasteiger partial charge >= 0.3 is 5.97 Å². The molecule has 0 amide bonds. The lowest BCUT2D eigenvalue weighted by Gasteiger charge is -2.18. The van der Waals surface area contributed by atoms with Gasteiger partial charge in [-0.1, -0.05) is 39.2 Å². The summed E-state index contributed by atoms with van der Waals surface area (Å²) in [5.74, 6) is -1.90. The minimum absolute atomic E-state index is 0.273. The van der Waals surface area contributed by atoms with Crippen LogP contribution in [0.4, 0.5) is 4.39 Å². The minimum Gasteiger partial charge on any atom is -0.478 e. The Bertz CT molecular complexity index is 434. The highest BCUT2D eigenvalue weighted by Crippen LogP contribution is 2.12. The average molecular weight is 281 g/mol. The summed E-state index contributed by atoms with van der Waals surface area (Å²) in [4.78, 5) is 10.7. The molecule has 0 saturated heterocycles. The second-order valence-electron chi connectivity index (χ2n) is 5.13. The van der Waals surface area contributed by atoms with Crippen molar-refractivity contribution in [2.45, 2.75) is 58.5 Å². The molecule has 1 rings (SSSR count). The third-order valence-corrected chi connectivity index (χ3v) is 3.40. The first-order valence-electron chi connectivity index (χ1n) is 7.33. The molecule has 4 heteroatoms. The Hall–Kier alpha value is -1.42. The number of halogens is 1. The lowest BCUT2D eigenvalue weighted by Crippen LogP contribution is -2.28. The van der Waals surface area contributed by atoms with E-state index in [2.05, 4.69) is 19.2 Å². The van der Waals surface area contributed by atoms with Gasteiger partial charge < -0.3 is 10.4 Å². The summed E-state index contributed by atoms with van der Waals surface area (Å²) < 4.78 is 13.6. The fraction of sp³-hybridized carbons (Fsp3) is 0.562. The highest BCUT2D eigenvalue weighted by molar-refractivity contribution is 5.87. The van der Waals surface area contributed by atoms with Crippen LogP contribution in [-0.2, 0) is 6.54 Å². The van der Waals surface area contributed by atoms with E-state index < -0.39 is 11.8 Å². The zero-order valence-corrected chi connectivity index (χ0v) is 12.3. The normalized spacial score (nSPS) is 12.3. The van der Waals surface area contributed by atoms with Crippen molar-refractivity contribution in [3.8, 4) is 0 Å². The summed E-state index contributed by atoms with van der Waals surface area (Å²) in [7, 11) is 0. The van der Waals surface area contributed by atoms with Crippen LogP contribution in [0.25, 0.3) is 0 Å². The van der Waals surface area contributed by atoms with Crippen molar-refractivity contribution >= 4 is 5.97 Å². The fourth-order valence-corrected chi connectivity index (χ4v) is 2.25. The molecule has 1 aromatic carbocycles. The molecule has 0 fully saturated rings. The molecule has 0 aliphatic carbocycles. The SMILES string of the molecule is CCCCC(CCC)NCc1ccc(C(=O)O)c(F)c1. The molecule has 1 aromatic rings. The zero-order chi connectivity index (χ0) is 15.0. The highest BCUT2D eigenvalue weighted by Gasteiger charge is 2.11. The van der Waals surface area contributed by atoms with Gasteiger partial charge in [-0.3, -0.25) is 0 Å². The van der Waals surface area contributed by atoms with Gasteiger partial charge in [0.1, 0.15) is 5.82 Å². The minimum atomic E-state index is -1.23. The van der Waals surface area contributed by atoms with Crippen LogP contribution in [0, 0.1) is 5.82 Å². The first kappa shape index (κ1) is 16.6. The molecule has 3 nitrogen and oxygen atoms in total. The van der Waals surface area contributed by atoms with Crippen LogP contribution in [0.1, 0.15) is 61.9 Å². The average Bonchev–Trinajstić information content (AvgIpc) is 2.41. The van der Waals surface area contributed by atoms with Crippen LogP contribution in [-0.4, -0.2) is 17.1 Å². The second-order valence-corrected chi connectivity index (χ2v) is 5.13. The first-order valence-corrected chi connectivity index (χ1v) is 7.33. The molecule has 20 heavy (non-hydrogen) atoms. The lowest BCUT2D eigenvalue weighted by molar-refractivity contribution is 0.0692. The Morgan fingerprint density at radius 1 is 1.30 bits per heavy atom. The van der Waals surface area contributed by atoms with Gasteiger partial charge in [0.15, 0.2) is 0 Å². The Labute approximate surface area is 120 Å². The molecular weight excluding hydrogens is 257 g/mol. The molecule has 0 aliphatic heterocycles. The smallest absolute Gasteiger partial charge is 0.338 e. The molecule has 1 unspecified atom stereocenters. The Kier molecular flexibility index (Phi) is 7.23. The van der Waals surface area contributed by atoms with Crippen molar-refractivity contribution in [1.82, 2.24) is 5.32 Å². The number of rotatable bonds is 9. The lowest BCUT2D eigenvalue weighted by atomic mass is 10.0. The summed E-state index contributed by atoms with van der Waals surface area (Å²) in [6, 6.07) is 4.75. The van der Waals surface area contributed by atoms with Gasteiger partial charge in [-0.25, -0.2) is 9.18 Å². The van der Waals surface area contributed by atoms with E-state index in [1.807, 2.05) is 0 Å². The van der Waals surface area contributed by atoms with Crippen LogP contribution in [0.3, 0.4) is 0 Å². The van der Waals surface area contributed by atoms with Gasteiger partial charge in [-0.2, -0.15) is 0 Å². The summed E-state index contributed by atoms with van der Waals surface area (Å²) >= 11 is 0. The number of hydrogen-bond acceptors (Lipinski definition) is 2. The highest BCUT2D eigenvalue weighted by atomic mass is 19.1. The van der Waals surface area contributed by atoms with Crippen molar-refractivity contribution in [2.24, 2.45) is 0 Å². The molecule has 2 N–H and O–H groups in total. The summed E-state index contributed by atoms with van der Waals surface area (Å²) in [6.07, 6.45) is 5.71. The number of carboxylic acid groups (broad SMARTS) is 1. The molecule has 0 aliphatic rings. The number of aromatic carboxylic acids is 1. The van der Waals surface area contributed by atoms with Crippen LogP contribution in [0.5, 0.6) is 0 Å². The predicted octanol–water partition coefficient (Wildman–Crippen LogP) is 3.97. The van der Waals surface area contributed by atoms with E-state index in [1.54, 1.807) is 6.07 Å². The largest absolute Gasteiger partial charge is 0.478 e. The predicted molar refractivity (Wildman–Crippen MR) is 78.4 cm³/mol. The van der Waals surface area contributed by atoms with Crippen molar-refractivity contribution < 1.29 is 14.3 Å². The summed E-state index contributed by atoms with van der Waals surface area (Å²) in [5.41, 5.74) is 0.509. The number of carboxylic acids is 1. The number of benzene rings is 1. The van der Waals surface area contributed by atoms with Gasteiger partial charge in [0.2, 0.25) is 0 Å². The van der Waals surface area contributed by atoms with Crippen LogP contribution in [0.2, 0.25) is 0 Å². The molecular formula is C16H24FNO2. The zero-order valence-electron chi connectivity index (χ0n) is 12.3. The van der Waals surface area contributed by atoms with Crippen molar-refractivity contribution in [3.63, 3.8) is 0 Å². The maximum Gasteiger partial charge on any atom is 0.338 e. The van der Waals surface area contributed by atoms with Gasteiger partial charge in [-0.05, 0) is 30.5 Å². The fourth-order valence-electron chi connectivity index (χ4n) is 2.25. The third kappa shape index (κ3) is 5.29. The second kappa shape index (κ2) is 8.69. The molecule has 0 heterocycles. The van der Waals surface area contributed by atoms with E-state index in [0.29, 0.717) is 12.6 Å². The molecule has 0 bridgehead atoms. The van der Waals surface area contributed by atoms with E-state index in [0.717, 1.165) is 24.8 Å². The molecule has 0 saturated carbocycles. The summed E-state index contributed by atoms with van der Waals surface area (Å²) in [5, 5.41) is 12.2. The van der Waals surface area contributed by atoms with E-state index >= 15 is 0 Å². The van der Waals surface area contributed by atoms with Gasteiger partial charge in [0.05, 0.1) is 5.56 Å². The maximum absolute atomic E-state index is 13.6. The van der Waals surface area contributed by atoms with Crippen LogP contribution >= 0.6 is 0 Å². The Morgan fingerprint density at radius 2 is 2.05 bits per heavy atom. The maximum atomic E-state index is 13.6. The van der Waals surface area contributed by atoms with Crippen molar-refractivity contribution in [2.75, 3.05) is 0 Å². The number of hydrogen-bond donors (Lipinski definition) is 2. The van der Waals surface area contributed by atoms with E-state index in [9.17, 15) is 9.18 Å². The summed E-state index contributed by atoms with van der Waals surface area (Å²) in [6.45, 7) is 4.90. The Morgan fingerprint density at radius 3 is 2.60 bits per heavy atom. The molecule has 0 radical (unpaired) electrons. The van der Waals surface area contributed by atoms with E-state index in [1.165, 1.54) is 25.0 Å². The van der Waals surface area contributed by atoms with Gasteiger partial charge in [0.25, 0.3) is 0 Å². The van der Waals surface area contributed by atoms with Crippen molar-refractivity contribution in [3.05, 3.63) is 35.1 Å². The molecule has 0 spiro atoms. The number of nitrogens with one attached hydrogen (secondary N) is 1. The first-order chi connectivity index (χ1) is 9.58. The van der Waals surface area contributed by atoms with Crippen LogP contribution in [0.15, 0.2) is 18.2 Å². The van der Waals surface area contributed by atoms with Crippen LogP contribution < -0.4 is 5.32 Å². The third-order valence-electron chi connectivity index (χ3n) is 3.40. The molecule has 1 atom stereocenters. The quantitative estimate of drug-likeness (QED) is 0.720. The van der Waals surface area contributed by atoms with E-state index in [-0.39, 0.29) is 5.56 Å². The molecule has 0 aromatic heterocycles.